The van der Waals surface area contributed by atoms with E-state index >= 15 is 0 Å². The monoisotopic (exact) mass is 395 g/mol. The van der Waals surface area contributed by atoms with Crippen LogP contribution in [0.15, 0.2) is 29.0 Å². The van der Waals surface area contributed by atoms with Crippen LogP contribution in [0.2, 0.25) is 0 Å². The molecular weight excluding hydrogens is 374 g/mol. The third-order valence-electron chi connectivity index (χ3n) is 3.78. The summed E-state index contributed by atoms with van der Waals surface area (Å²) in [6, 6.07) is 3.90. The molecule has 0 aliphatic carbocycles. The molecule has 0 unspecified atom stereocenters. The van der Waals surface area contributed by atoms with Gasteiger partial charge in [-0.15, -0.1) is 0 Å². The Labute approximate surface area is 149 Å². The van der Waals surface area contributed by atoms with E-state index in [0.717, 1.165) is 23.0 Å². The van der Waals surface area contributed by atoms with Crippen LogP contribution in [0.4, 0.5) is 4.79 Å². The molecular formula is C17H22BrN3O3. The highest BCUT2D eigenvalue weighted by atomic mass is 79.9. The molecule has 1 saturated heterocycles. The number of ether oxygens (including phenoxy) is 2. The first-order chi connectivity index (χ1) is 11.3. The van der Waals surface area contributed by atoms with Crippen molar-refractivity contribution in [2.45, 2.75) is 45.3 Å². The lowest BCUT2D eigenvalue weighted by Crippen LogP contribution is -2.44. The smallest absolute Gasteiger partial charge is 0.410 e. The summed E-state index contributed by atoms with van der Waals surface area (Å²) in [4.78, 5) is 18.3. The zero-order valence-corrected chi connectivity index (χ0v) is 15.7. The third kappa shape index (κ3) is 4.20. The summed E-state index contributed by atoms with van der Waals surface area (Å²) < 4.78 is 14.3. The van der Waals surface area contributed by atoms with Crippen molar-refractivity contribution in [2.75, 3.05) is 13.1 Å². The highest BCUT2D eigenvalue weighted by Gasteiger charge is 2.27. The second-order valence-corrected chi connectivity index (χ2v) is 7.89. The number of carbonyl (C=O) groups is 1. The van der Waals surface area contributed by atoms with Gasteiger partial charge in [-0.05, 0) is 32.9 Å². The summed E-state index contributed by atoms with van der Waals surface area (Å²) in [6.07, 6.45) is 5.18. The molecule has 2 aromatic heterocycles. The van der Waals surface area contributed by atoms with Crippen LogP contribution in [-0.2, 0) is 4.74 Å². The van der Waals surface area contributed by atoms with Crippen LogP contribution >= 0.6 is 15.9 Å². The van der Waals surface area contributed by atoms with Gasteiger partial charge in [-0.25, -0.2) is 4.79 Å². The Hall–Kier alpha value is -1.76. The number of imidazole rings is 1. The molecule has 3 rings (SSSR count). The number of carbonyl (C=O) groups excluding carboxylic acids is 1. The fourth-order valence-electron chi connectivity index (χ4n) is 2.64. The van der Waals surface area contributed by atoms with Crippen molar-refractivity contribution in [3.8, 4) is 5.88 Å². The maximum absolute atomic E-state index is 12.1. The summed E-state index contributed by atoms with van der Waals surface area (Å²) in [7, 11) is 0. The lowest BCUT2D eigenvalue weighted by Gasteiger charge is -2.33. The normalized spacial score (nSPS) is 16.4. The molecule has 3 heterocycles. The topological polar surface area (TPSA) is 56.1 Å². The summed E-state index contributed by atoms with van der Waals surface area (Å²) in [5.74, 6) is 0.615. The molecule has 0 atom stereocenters. The molecule has 1 aliphatic heterocycles. The van der Waals surface area contributed by atoms with Gasteiger partial charge in [-0.2, -0.15) is 4.98 Å². The molecule has 7 heteroatoms. The van der Waals surface area contributed by atoms with E-state index < -0.39 is 5.60 Å². The zero-order chi connectivity index (χ0) is 17.3. The average molecular weight is 396 g/mol. The number of nitrogens with zero attached hydrogens (tertiary/aromatic N) is 3. The summed E-state index contributed by atoms with van der Waals surface area (Å²) in [5.41, 5.74) is 0.375. The number of piperidine rings is 1. The molecule has 0 bridgehead atoms. The van der Waals surface area contributed by atoms with Crippen LogP contribution in [-0.4, -0.2) is 45.2 Å². The van der Waals surface area contributed by atoms with Crippen molar-refractivity contribution in [3.63, 3.8) is 0 Å². The van der Waals surface area contributed by atoms with Crippen molar-refractivity contribution >= 4 is 27.7 Å². The predicted octanol–water partition coefficient (Wildman–Crippen LogP) is 3.88. The van der Waals surface area contributed by atoms with Gasteiger partial charge < -0.3 is 18.8 Å². The van der Waals surface area contributed by atoms with Crippen molar-refractivity contribution in [1.82, 2.24) is 14.3 Å². The number of pyridine rings is 1. The molecule has 1 amide bonds. The van der Waals surface area contributed by atoms with Gasteiger partial charge in [0.05, 0.1) is 6.20 Å². The molecule has 2 aromatic rings. The van der Waals surface area contributed by atoms with Crippen molar-refractivity contribution < 1.29 is 14.3 Å². The lowest BCUT2D eigenvalue weighted by molar-refractivity contribution is 0.0123. The van der Waals surface area contributed by atoms with Crippen molar-refractivity contribution in [2.24, 2.45) is 0 Å². The molecule has 24 heavy (non-hydrogen) atoms. The highest BCUT2D eigenvalue weighted by molar-refractivity contribution is 9.10. The third-order valence-corrected chi connectivity index (χ3v) is 4.27. The quantitative estimate of drug-likeness (QED) is 0.773. The highest BCUT2D eigenvalue weighted by Crippen LogP contribution is 2.22. The first-order valence-electron chi connectivity index (χ1n) is 8.09. The summed E-state index contributed by atoms with van der Waals surface area (Å²) >= 11 is 3.44. The average Bonchev–Trinajstić information content (AvgIpc) is 2.87. The van der Waals surface area contributed by atoms with Crippen LogP contribution in [0, 0.1) is 0 Å². The maximum atomic E-state index is 12.1. The van der Waals surface area contributed by atoms with Gasteiger partial charge in [0.2, 0.25) is 5.88 Å². The van der Waals surface area contributed by atoms with Gasteiger partial charge >= 0.3 is 6.09 Å². The first kappa shape index (κ1) is 17.1. The number of rotatable bonds is 2. The fraction of sp³-hybridized carbons (Fsp3) is 0.529. The molecule has 0 saturated carbocycles. The Kier molecular flexibility index (Phi) is 4.71. The minimum Gasteiger partial charge on any atom is -0.473 e. The molecule has 130 valence electrons. The Balaban J connectivity index is 1.55. The number of hydrogen-bond donors (Lipinski definition) is 0. The van der Waals surface area contributed by atoms with Crippen LogP contribution in [0.25, 0.3) is 5.65 Å². The second kappa shape index (κ2) is 6.63. The SMILES string of the molecule is CC(C)(C)OC(=O)N1CCC(Oc2cn3ccc(Br)cc3n2)CC1. The predicted molar refractivity (Wildman–Crippen MR) is 94.3 cm³/mol. The number of aromatic nitrogens is 2. The molecule has 0 radical (unpaired) electrons. The van der Waals surface area contributed by atoms with Crippen molar-refractivity contribution in [1.29, 1.82) is 0 Å². The molecule has 0 N–H and O–H groups in total. The van der Waals surface area contributed by atoms with Gasteiger partial charge in [-0.3, -0.25) is 0 Å². The molecule has 0 spiro atoms. The summed E-state index contributed by atoms with van der Waals surface area (Å²) in [5, 5.41) is 0. The molecule has 1 fully saturated rings. The van der Waals surface area contributed by atoms with E-state index in [1.807, 2.05) is 49.7 Å². The standard InChI is InChI=1S/C17H22BrN3O3/c1-17(2,3)24-16(22)20-8-5-13(6-9-20)23-15-11-21-7-4-12(18)10-14(21)19-15/h4,7,10-11,13H,5-6,8-9H2,1-3H3. The zero-order valence-electron chi connectivity index (χ0n) is 14.2. The lowest BCUT2D eigenvalue weighted by atomic mass is 10.1. The molecule has 6 nitrogen and oxygen atoms in total. The van der Waals surface area contributed by atoms with Crippen LogP contribution < -0.4 is 4.74 Å². The van der Waals surface area contributed by atoms with Crippen LogP contribution in [0.1, 0.15) is 33.6 Å². The fourth-order valence-corrected chi connectivity index (χ4v) is 2.97. The van der Waals surface area contributed by atoms with E-state index in [-0.39, 0.29) is 12.2 Å². The molecule has 0 aromatic carbocycles. The Bertz CT molecular complexity index is 730. The first-order valence-corrected chi connectivity index (χ1v) is 8.88. The van der Waals surface area contributed by atoms with Crippen molar-refractivity contribution in [3.05, 3.63) is 29.0 Å². The number of halogens is 1. The molecule has 1 aliphatic rings. The van der Waals surface area contributed by atoms with Gasteiger partial charge in [-0.1, -0.05) is 15.9 Å². The maximum Gasteiger partial charge on any atom is 0.410 e. The Morgan fingerprint density at radius 1 is 1.33 bits per heavy atom. The Morgan fingerprint density at radius 2 is 2.04 bits per heavy atom. The Morgan fingerprint density at radius 3 is 2.71 bits per heavy atom. The minimum absolute atomic E-state index is 0.0667. The van der Waals surface area contributed by atoms with E-state index in [0.29, 0.717) is 19.0 Å². The van der Waals surface area contributed by atoms with E-state index in [1.54, 1.807) is 4.90 Å². The largest absolute Gasteiger partial charge is 0.473 e. The number of amides is 1. The summed E-state index contributed by atoms with van der Waals surface area (Å²) in [6.45, 7) is 6.91. The number of hydrogen-bond acceptors (Lipinski definition) is 4. The van der Waals surface area contributed by atoms with Crippen LogP contribution in [0.5, 0.6) is 5.88 Å². The number of fused-ring (bicyclic) bond motifs is 1. The van der Waals surface area contributed by atoms with Gasteiger partial charge in [0.15, 0.2) is 0 Å². The number of likely N-dealkylation sites (tertiary alicyclic amines) is 1. The second-order valence-electron chi connectivity index (χ2n) is 6.97. The van der Waals surface area contributed by atoms with Gasteiger partial charge in [0.1, 0.15) is 17.4 Å². The van der Waals surface area contributed by atoms with Crippen LogP contribution in [0.3, 0.4) is 0 Å². The van der Waals surface area contributed by atoms with E-state index in [2.05, 4.69) is 20.9 Å². The van der Waals surface area contributed by atoms with E-state index in [1.165, 1.54) is 0 Å². The van der Waals surface area contributed by atoms with E-state index in [9.17, 15) is 4.79 Å². The van der Waals surface area contributed by atoms with Gasteiger partial charge in [0.25, 0.3) is 0 Å². The minimum atomic E-state index is -0.463. The van der Waals surface area contributed by atoms with E-state index in [4.69, 9.17) is 9.47 Å². The van der Waals surface area contributed by atoms with Gasteiger partial charge in [0, 0.05) is 36.6 Å².